The summed E-state index contributed by atoms with van der Waals surface area (Å²) >= 11 is 0. The monoisotopic (exact) mass is 246 g/mol. The third-order valence-corrected chi connectivity index (χ3v) is 2.61. The van der Waals surface area contributed by atoms with Gasteiger partial charge in [-0.25, -0.2) is 4.79 Å². The molecule has 0 radical (unpaired) electrons. The highest BCUT2D eigenvalue weighted by atomic mass is 28.4. The van der Waals surface area contributed by atoms with Gasteiger partial charge in [0.05, 0.1) is 19.8 Å². The molecule has 0 aromatic heterocycles. The fourth-order valence-corrected chi connectivity index (χ4v) is 1.59. The summed E-state index contributed by atoms with van der Waals surface area (Å²) in [7, 11) is -1.43. The molecule has 0 aliphatic heterocycles. The van der Waals surface area contributed by atoms with Crippen molar-refractivity contribution in [3.05, 3.63) is 12.2 Å². The predicted octanol–water partition coefficient (Wildman–Crippen LogP) is 1.97. The van der Waals surface area contributed by atoms with E-state index in [9.17, 15) is 4.79 Å². The van der Waals surface area contributed by atoms with Gasteiger partial charge in [0.15, 0.2) is 8.32 Å². The Labute approximate surface area is 98.7 Å². The highest BCUT2D eigenvalue weighted by molar-refractivity contribution is 6.69. The van der Waals surface area contributed by atoms with Crippen LogP contribution in [0.2, 0.25) is 19.6 Å². The molecule has 0 unspecified atom stereocenters. The van der Waals surface area contributed by atoms with E-state index in [1.54, 1.807) is 13.0 Å². The molecule has 0 atom stereocenters. The minimum absolute atomic E-state index is 0.288. The van der Waals surface area contributed by atoms with Crippen molar-refractivity contribution >= 4 is 14.3 Å². The summed E-state index contributed by atoms with van der Waals surface area (Å²) in [6.45, 7) is 10.0. The molecule has 0 aliphatic carbocycles. The maximum atomic E-state index is 10.9. The zero-order valence-corrected chi connectivity index (χ0v) is 11.6. The van der Waals surface area contributed by atoms with Crippen LogP contribution in [0.15, 0.2) is 12.2 Å². The summed E-state index contributed by atoms with van der Waals surface area (Å²) in [4.78, 5) is 10.9. The SMILES string of the molecule is C/C=C/C(=O)OCCOCCO[Si](C)(C)C. The van der Waals surface area contributed by atoms with Gasteiger partial charge in [0.2, 0.25) is 0 Å². The minimum Gasteiger partial charge on any atom is -0.460 e. The lowest BCUT2D eigenvalue weighted by atomic mass is 10.5. The molecule has 0 aromatic rings. The second-order valence-corrected chi connectivity index (χ2v) is 8.75. The zero-order chi connectivity index (χ0) is 12.4. The third kappa shape index (κ3) is 11.4. The van der Waals surface area contributed by atoms with E-state index >= 15 is 0 Å². The first-order valence-corrected chi connectivity index (χ1v) is 8.87. The Morgan fingerprint density at radius 1 is 1.12 bits per heavy atom. The fraction of sp³-hybridized carbons (Fsp3) is 0.727. The second-order valence-electron chi connectivity index (χ2n) is 4.24. The standard InChI is InChI=1S/C11H22O4Si/c1-5-6-11(12)14-9-7-13-8-10-15-16(2,3)4/h5-6H,7-10H2,1-4H3/b6-5+. The molecule has 0 saturated carbocycles. The highest BCUT2D eigenvalue weighted by Crippen LogP contribution is 2.01. The molecular formula is C11H22O4Si. The summed E-state index contributed by atoms with van der Waals surface area (Å²) in [5.74, 6) is -0.329. The molecule has 5 heteroatoms. The van der Waals surface area contributed by atoms with E-state index in [0.29, 0.717) is 19.8 Å². The van der Waals surface area contributed by atoms with Gasteiger partial charge in [-0.1, -0.05) is 6.08 Å². The zero-order valence-electron chi connectivity index (χ0n) is 10.6. The summed E-state index contributed by atoms with van der Waals surface area (Å²) in [5.41, 5.74) is 0. The molecule has 4 nitrogen and oxygen atoms in total. The lowest BCUT2D eigenvalue weighted by molar-refractivity contribution is -0.139. The van der Waals surface area contributed by atoms with E-state index < -0.39 is 8.32 Å². The van der Waals surface area contributed by atoms with Gasteiger partial charge in [0, 0.05) is 6.08 Å². The van der Waals surface area contributed by atoms with Gasteiger partial charge in [-0.15, -0.1) is 0 Å². The van der Waals surface area contributed by atoms with Crippen molar-refractivity contribution < 1.29 is 18.7 Å². The van der Waals surface area contributed by atoms with Crippen molar-refractivity contribution in [3.63, 3.8) is 0 Å². The number of esters is 1. The van der Waals surface area contributed by atoms with Crippen LogP contribution in [-0.4, -0.2) is 40.7 Å². The Kier molecular flexibility index (Phi) is 8.15. The van der Waals surface area contributed by atoms with Crippen molar-refractivity contribution in [2.45, 2.75) is 26.6 Å². The molecule has 0 rings (SSSR count). The Morgan fingerprint density at radius 2 is 1.75 bits per heavy atom. The summed E-state index contributed by atoms with van der Waals surface area (Å²) in [6, 6.07) is 0. The Hall–Kier alpha value is -0.653. The molecule has 0 saturated heterocycles. The van der Waals surface area contributed by atoms with Gasteiger partial charge in [-0.3, -0.25) is 0 Å². The van der Waals surface area contributed by atoms with Crippen LogP contribution in [0.3, 0.4) is 0 Å². The van der Waals surface area contributed by atoms with Crippen LogP contribution in [0.1, 0.15) is 6.92 Å². The van der Waals surface area contributed by atoms with E-state index in [1.807, 2.05) is 0 Å². The Bertz CT molecular complexity index is 221. The first-order valence-electron chi connectivity index (χ1n) is 5.47. The quantitative estimate of drug-likeness (QED) is 0.284. The highest BCUT2D eigenvalue weighted by Gasteiger charge is 2.12. The predicted molar refractivity (Wildman–Crippen MR) is 65.9 cm³/mol. The summed E-state index contributed by atoms with van der Waals surface area (Å²) < 4.78 is 15.7. The van der Waals surface area contributed by atoms with Crippen LogP contribution in [0.5, 0.6) is 0 Å². The molecule has 0 bridgehead atoms. The number of hydrogen-bond acceptors (Lipinski definition) is 4. The maximum absolute atomic E-state index is 10.9. The van der Waals surface area contributed by atoms with Crippen molar-refractivity contribution in [2.75, 3.05) is 26.4 Å². The van der Waals surface area contributed by atoms with Crippen LogP contribution in [0.25, 0.3) is 0 Å². The number of allylic oxidation sites excluding steroid dienone is 1. The molecule has 0 N–H and O–H groups in total. The van der Waals surface area contributed by atoms with Crippen molar-refractivity contribution in [2.24, 2.45) is 0 Å². The molecule has 0 aliphatic rings. The van der Waals surface area contributed by atoms with Crippen LogP contribution in [-0.2, 0) is 18.7 Å². The molecule has 0 aromatic carbocycles. The lowest BCUT2D eigenvalue weighted by Gasteiger charge is -2.16. The van der Waals surface area contributed by atoms with E-state index in [0.717, 1.165) is 0 Å². The summed E-state index contributed by atoms with van der Waals surface area (Å²) in [6.07, 6.45) is 3.03. The number of hydrogen-bond donors (Lipinski definition) is 0. The van der Waals surface area contributed by atoms with Crippen LogP contribution < -0.4 is 0 Å². The van der Waals surface area contributed by atoms with Gasteiger partial charge >= 0.3 is 5.97 Å². The minimum atomic E-state index is -1.43. The van der Waals surface area contributed by atoms with Gasteiger partial charge in [-0.05, 0) is 26.6 Å². The normalized spacial score (nSPS) is 12.0. The average Bonchev–Trinajstić information content (AvgIpc) is 2.15. The Balaban J connectivity index is 3.25. The van der Waals surface area contributed by atoms with Gasteiger partial charge < -0.3 is 13.9 Å². The number of ether oxygens (including phenoxy) is 2. The first-order chi connectivity index (χ1) is 7.45. The third-order valence-electron chi connectivity index (χ3n) is 1.54. The van der Waals surface area contributed by atoms with Crippen LogP contribution >= 0.6 is 0 Å². The smallest absolute Gasteiger partial charge is 0.330 e. The van der Waals surface area contributed by atoms with E-state index in [4.69, 9.17) is 13.9 Å². The molecule has 16 heavy (non-hydrogen) atoms. The topological polar surface area (TPSA) is 44.8 Å². The molecule has 0 spiro atoms. The number of carbonyl (C=O) groups is 1. The second kappa shape index (κ2) is 8.49. The van der Waals surface area contributed by atoms with Crippen LogP contribution in [0.4, 0.5) is 0 Å². The maximum Gasteiger partial charge on any atom is 0.330 e. The average molecular weight is 246 g/mol. The molecule has 0 fully saturated rings. The lowest BCUT2D eigenvalue weighted by Crippen LogP contribution is -2.27. The molecule has 94 valence electrons. The first kappa shape index (κ1) is 15.3. The number of rotatable bonds is 8. The number of carbonyl (C=O) groups excluding carboxylic acids is 1. The van der Waals surface area contributed by atoms with E-state index in [1.165, 1.54) is 6.08 Å². The van der Waals surface area contributed by atoms with Gasteiger partial charge in [0.25, 0.3) is 0 Å². The fourth-order valence-electron chi connectivity index (χ4n) is 0.894. The summed E-state index contributed by atoms with van der Waals surface area (Å²) in [5, 5.41) is 0. The van der Waals surface area contributed by atoms with Crippen LogP contribution in [0, 0.1) is 0 Å². The Morgan fingerprint density at radius 3 is 2.31 bits per heavy atom. The van der Waals surface area contributed by atoms with Crippen molar-refractivity contribution in [3.8, 4) is 0 Å². The van der Waals surface area contributed by atoms with Crippen molar-refractivity contribution in [1.82, 2.24) is 0 Å². The largest absolute Gasteiger partial charge is 0.460 e. The van der Waals surface area contributed by atoms with Gasteiger partial charge in [-0.2, -0.15) is 0 Å². The van der Waals surface area contributed by atoms with Crippen molar-refractivity contribution in [1.29, 1.82) is 0 Å². The van der Waals surface area contributed by atoms with E-state index in [2.05, 4.69) is 19.6 Å². The van der Waals surface area contributed by atoms with E-state index in [-0.39, 0.29) is 12.6 Å². The van der Waals surface area contributed by atoms with Gasteiger partial charge in [0.1, 0.15) is 6.61 Å². The molecular weight excluding hydrogens is 224 g/mol. The molecule has 0 amide bonds. The molecule has 0 heterocycles.